The summed E-state index contributed by atoms with van der Waals surface area (Å²) in [7, 11) is 0. The lowest BCUT2D eigenvalue weighted by Crippen LogP contribution is -2.33. The topological polar surface area (TPSA) is 50.8 Å². The Balaban J connectivity index is 1.43. The van der Waals surface area contributed by atoms with Crippen LogP contribution in [0.25, 0.3) is 0 Å². The number of unbranched alkanes of at least 4 members (excludes halogenated alkanes) is 3. The number of esters is 1. The van der Waals surface area contributed by atoms with Gasteiger partial charge in [-0.2, -0.15) is 0 Å². The van der Waals surface area contributed by atoms with Gasteiger partial charge in [0.25, 0.3) is 0 Å². The number of fused-ring (bicyclic) bond motifs is 6. The van der Waals surface area contributed by atoms with Gasteiger partial charge in [-0.1, -0.05) is 76.8 Å². The molecular formula is C40H46N2O3. The summed E-state index contributed by atoms with van der Waals surface area (Å²) < 4.78 is 13.2. The third kappa shape index (κ3) is 6.05. The monoisotopic (exact) mass is 602 g/mol. The van der Waals surface area contributed by atoms with Crippen LogP contribution in [0.1, 0.15) is 97.5 Å². The van der Waals surface area contributed by atoms with Crippen LogP contribution >= 0.6 is 0 Å². The Morgan fingerprint density at radius 1 is 0.800 bits per heavy atom. The molecule has 2 heterocycles. The van der Waals surface area contributed by atoms with Crippen molar-refractivity contribution in [2.45, 2.75) is 78.7 Å². The first-order chi connectivity index (χ1) is 21.8. The van der Waals surface area contributed by atoms with Gasteiger partial charge in [-0.05, 0) is 86.2 Å². The van der Waals surface area contributed by atoms with Crippen molar-refractivity contribution in [3.05, 3.63) is 112 Å². The fourth-order valence-corrected chi connectivity index (χ4v) is 6.80. The van der Waals surface area contributed by atoms with E-state index in [2.05, 4.69) is 99.4 Å². The molecule has 6 rings (SSSR count). The third-order valence-corrected chi connectivity index (χ3v) is 9.20. The Hall–Kier alpha value is -4.25. The van der Waals surface area contributed by atoms with E-state index in [1.807, 2.05) is 24.3 Å². The van der Waals surface area contributed by atoms with E-state index in [0.29, 0.717) is 11.3 Å². The van der Waals surface area contributed by atoms with Crippen LogP contribution in [0.4, 0.5) is 17.1 Å². The first-order valence-corrected chi connectivity index (χ1v) is 16.7. The van der Waals surface area contributed by atoms with Gasteiger partial charge < -0.3 is 19.7 Å². The van der Waals surface area contributed by atoms with Crippen LogP contribution in [0.2, 0.25) is 0 Å². The molecule has 1 spiro atoms. The van der Waals surface area contributed by atoms with Crippen LogP contribution in [0.5, 0.6) is 11.5 Å². The number of rotatable bonds is 12. The van der Waals surface area contributed by atoms with E-state index >= 15 is 0 Å². The average molecular weight is 603 g/mol. The van der Waals surface area contributed by atoms with Gasteiger partial charge >= 0.3 is 5.97 Å². The SMILES string of the molecule is CCCCCN(CCCCC(C)C)c1ccc2c(c1)Oc1cc(C)c(Nc3cccc(C)c3)cc1C21OC(=O)c2ccccc21. The molecule has 0 bridgehead atoms. The number of nitrogens with zero attached hydrogens (tertiary/aromatic N) is 1. The van der Waals surface area contributed by atoms with Crippen molar-refractivity contribution in [3.63, 3.8) is 0 Å². The quantitative estimate of drug-likeness (QED) is 0.129. The minimum atomic E-state index is -1.10. The Morgan fingerprint density at radius 2 is 1.58 bits per heavy atom. The molecule has 0 aromatic heterocycles. The maximum Gasteiger partial charge on any atom is 0.340 e. The van der Waals surface area contributed by atoms with Crippen molar-refractivity contribution in [1.29, 1.82) is 0 Å². The number of carbonyl (C=O) groups is 1. The maximum atomic E-state index is 13.5. The molecule has 1 unspecified atom stereocenters. The van der Waals surface area contributed by atoms with Crippen LogP contribution in [0.3, 0.4) is 0 Å². The Bertz CT molecular complexity index is 1690. The number of hydrogen-bond donors (Lipinski definition) is 1. The lowest BCUT2D eigenvalue weighted by molar-refractivity contribution is 0.0224. The van der Waals surface area contributed by atoms with Crippen LogP contribution in [0, 0.1) is 19.8 Å². The minimum Gasteiger partial charge on any atom is -0.456 e. The van der Waals surface area contributed by atoms with Crippen LogP contribution in [-0.2, 0) is 10.3 Å². The molecule has 5 nitrogen and oxygen atoms in total. The van der Waals surface area contributed by atoms with E-state index in [-0.39, 0.29) is 5.97 Å². The van der Waals surface area contributed by atoms with Crippen molar-refractivity contribution in [1.82, 2.24) is 0 Å². The molecule has 4 aromatic carbocycles. The van der Waals surface area contributed by atoms with Crippen LogP contribution in [-0.4, -0.2) is 19.1 Å². The van der Waals surface area contributed by atoms with E-state index in [1.54, 1.807) is 0 Å². The second-order valence-electron chi connectivity index (χ2n) is 13.1. The van der Waals surface area contributed by atoms with Gasteiger partial charge in [0, 0.05) is 52.9 Å². The highest BCUT2D eigenvalue weighted by molar-refractivity contribution is 5.97. The lowest BCUT2D eigenvalue weighted by Gasteiger charge is -2.38. The molecule has 0 radical (unpaired) electrons. The molecule has 5 heteroatoms. The predicted molar refractivity (Wildman–Crippen MR) is 184 cm³/mol. The maximum absolute atomic E-state index is 13.5. The first-order valence-electron chi connectivity index (χ1n) is 16.7. The van der Waals surface area contributed by atoms with Gasteiger partial charge in [-0.3, -0.25) is 0 Å². The van der Waals surface area contributed by atoms with Crippen molar-refractivity contribution in [2.75, 3.05) is 23.3 Å². The molecule has 2 aliphatic heterocycles. The summed E-state index contributed by atoms with van der Waals surface area (Å²) in [4.78, 5) is 16.0. The fourth-order valence-electron chi connectivity index (χ4n) is 6.80. The zero-order valence-corrected chi connectivity index (χ0v) is 27.4. The zero-order chi connectivity index (χ0) is 31.6. The molecule has 0 amide bonds. The molecule has 2 aliphatic rings. The van der Waals surface area contributed by atoms with Gasteiger partial charge in [0.2, 0.25) is 0 Å². The minimum absolute atomic E-state index is 0.311. The van der Waals surface area contributed by atoms with Crippen molar-refractivity contribution in [3.8, 4) is 11.5 Å². The number of hydrogen-bond acceptors (Lipinski definition) is 5. The highest BCUT2D eigenvalue weighted by Crippen LogP contribution is 2.57. The number of benzene rings is 4. The van der Waals surface area contributed by atoms with E-state index in [9.17, 15) is 4.79 Å². The summed E-state index contributed by atoms with van der Waals surface area (Å²) in [5.74, 6) is 1.87. The number of carbonyl (C=O) groups excluding carboxylic acids is 1. The molecular weight excluding hydrogens is 556 g/mol. The molecule has 4 aromatic rings. The van der Waals surface area contributed by atoms with Crippen molar-refractivity contribution < 1.29 is 14.3 Å². The van der Waals surface area contributed by atoms with Gasteiger partial charge in [-0.25, -0.2) is 4.79 Å². The highest BCUT2D eigenvalue weighted by atomic mass is 16.6. The van der Waals surface area contributed by atoms with Crippen LogP contribution in [0.15, 0.2) is 78.9 Å². The second kappa shape index (κ2) is 13.0. The standard InChI is InChI=1S/C40H46N2O3/c1-6-7-11-21-42(22-12-10-14-27(2)3)31-19-20-34-38(25-31)44-37-24-29(5)36(41-30-16-13-15-28(4)23-30)26-35(37)40(34)33-18-9-8-17-32(33)39(43)45-40/h8-9,13,15-20,23-27,41H,6-7,10-12,14,21-22H2,1-5H3. The molecule has 0 saturated carbocycles. The normalized spacial score (nSPS) is 16.2. The van der Waals surface area contributed by atoms with Crippen molar-refractivity contribution >= 4 is 23.0 Å². The molecule has 0 fully saturated rings. The van der Waals surface area contributed by atoms with Gasteiger partial charge in [0.15, 0.2) is 5.60 Å². The second-order valence-corrected chi connectivity index (χ2v) is 13.1. The van der Waals surface area contributed by atoms with Gasteiger partial charge in [-0.15, -0.1) is 0 Å². The molecule has 234 valence electrons. The summed E-state index contributed by atoms with van der Waals surface area (Å²) in [5, 5.41) is 3.61. The predicted octanol–water partition coefficient (Wildman–Crippen LogP) is 10.4. The number of ether oxygens (including phenoxy) is 2. The van der Waals surface area contributed by atoms with E-state index in [1.165, 1.54) is 31.2 Å². The number of anilines is 3. The summed E-state index contributed by atoms with van der Waals surface area (Å²) in [5.41, 5.74) is 7.38. The van der Waals surface area contributed by atoms with Crippen molar-refractivity contribution in [2.24, 2.45) is 5.92 Å². The Kier molecular flexibility index (Phi) is 8.89. The Morgan fingerprint density at radius 3 is 2.36 bits per heavy atom. The summed E-state index contributed by atoms with van der Waals surface area (Å²) in [6.45, 7) is 13.0. The van der Waals surface area contributed by atoms with E-state index in [0.717, 1.165) is 76.9 Å². The molecule has 1 atom stereocenters. The first kappa shape index (κ1) is 30.8. The molecule has 45 heavy (non-hydrogen) atoms. The Labute approximate surface area is 268 Å². The molecule has 0 aliphatic carbocycles. The summed E-state index contributed by atoms with van der Waals surface area (Å²) >= 11 is 0. The van der Waals surface area contributed by atoms with E-state index in [4.69, 9.17) is 9.47 Å². The number of nitrogens with one attached hydrogen (secondary N) is 1. The van der Waals surface area contributed by atoms with Crippen LogP contribution < -0.4 is 15.0 Å². The van der Waals surface area contributed by atoms with Gasteiger partial charge in [0.05, 0.1) is 5.56 Å². The third-order valence-electron chi connectivity index (χ3n) is 9.20. The molecule has 0 saturated heterocycles. The van der Waals surface area contributed by atoms with Gasteiger partial charge in [0.1, 0.15) is 11.5 Å². The smallest absolute Gasteiger partial charge is 0.340 e. The highest BCUT2D eigenvalue weighted by Gasteiger charge is 2.53. The lowest BCUT2D eigenvalue weighted by atomic mass is 9.77. The number of aryl methyl sites for hydroxylation is 2. The zero-order valence-electron chi connectivity index (χ0n) is 27.4. The molecule has 1 N–H and O–H groups in total. The fraction of sp³-hybridized carbons (Fsp3) is 0.375. The average Bonchev–Trinajstić information content (AvgIpc) is 3.31. The summed E-state index contributed by atoms with van der Waals surface area (Å²) in [6.07, 6.45) is 7.21. The van der Waals surface area contributed by atoms with E-state index < -0.39 is 5.60 Å². The summed E-state index contributed by atoms with van der Waals surface area (Å²) in [6, 6.07) is 26.8. The largest absolute Gasteiger partial charge is 0.456 e.